The van der Waals surface area contributed by atoms with Crippen molar-refractivity contribution in [3.05, 3.63) is 80.1 Å². The van der Waals surface area contributed by atoms with Crippen LogP contribution in [0.3, 0.4) is 0 Å². The summed E-state index contributed by atoms with van der Waals surface area (Å²) in [5.74, 6) is 0.471. The van der Waals surface area contributed by atoms with E-state index in [9.17, 15) is 9.59 Å². The highest BCUT2D eigenvalue weighted by Gasteiger charge is 2.11. The Balaban J connectivity index is 1.49. The van der Waals surface area contributed by atoms with Crippen LogP contribution in [0.25, 0.3) is 4.96 Å². The summed E-state index contributed by atoms with van der Waals surface area (Å²) in [7, 11) is 0. The van der Waals surface area contributed by atoms with Gasteiger partial charge in [-0.05, 0) is 12.0 Å². The van der Waals surface area contributed by atoms with Crippen LogP contribution >= 0.6 is 23.1 Å². The van der Waals surface area contributed by atoms with Crippen LogP contribution in [0.4, 0.5) is 0 Å². The predicted molar refractivity (Wildman–Crippen MR) is 102 cm³/mol. The lowest BCUT2D eigenvalue weighted by molar-refractivity contribution is 0.616. The summed E-state index contributed by atoms with van der Waals surface area (Å²) >= 11 is 2.81. The number of hydrogen-bond acceptors (Lipinski definition) is 6. The van der Waals surface area contributed by atoms with E-state index in [1.807, 2.05) is 35.7 Å². The number of aromatic nitrogens is 5. The van der Waals surface area contributed by atoms with Crippen LogP contribution in [0.5, 0.6) is 0 Å². The Morgan fingerprint density at radius 3 is 2.88 bits per heavy atom. The first-order valence-electron chi connectivity index (χ1n) is 7.98. The van der Waals surface area contributed by atoms with Gasteiger partial charge in [0.05, 0.1) is 5.69 Å². The molecular formula is C17H15N5O2S2. The number of aromatic amines is 1. The van der Waals surface area contributed by atoms with Gasteiger partial charge in [0.25, 0.3) is 5.56 Å². The highest BCUT2D eigenvalue weighted by Crippen LogP contribution is 2.19. The van der Waals surface area contributed by atoms with Crippen molar-refractivity contribution >= 4 is 28.1 Å². The molecule has 0 saturated heterocycles. The topological polar surface area (TPSA) is 85.1 Å². The van der Waals surface area contributed by atoms with Crippen molar-refractivity contribution in [2.24, 2.45) is 0 Å². The zero-order chi connectivity index (χ0) is 17.9. The molecule has 3 heterocycles. The van der Waals surface area contributed by atoms with Crippen molar-refractivity contribution in [2.75, 3.05) is 0 Å². The summed E-state index contributed by atoms with van der Waals surface area (Å²) < 4.78 is 3.14. The van der Waals surface area contributed by atoms with E-state index in [4.69, 9.17) is 0 Å². The van der Waals surface area contributed by atoms with E-state index in [0.29, 0.717) is 28.1 Å². The summed E-state index contributed by atoms with van der Waals surface area (Å²) in [6.45, 7) is 0.543. The molecule has 0 radical (unpaired) electrons. The van der Waals surface area contributed by atoms with E-state index in [0.717, 1.165) is 12.0 Å². The molecule has 0 atom stereocenters. The van der Waals surface area contributed by atoms with Crippen molar-refractivity contribution in [1.29, 1.82) is 0 Å². The van der Waals surface area contributed by atoms with E-state index < -0.39 is 0 Å². The number of nitrogens with one attached hydrogen (secondary N) is 1. The molecule has 0 spiro atoms. The Labute approximate surface area is 156 Å². The average Bonchev–Trinajstić information content (AvgIpc) is 3.26. The SMILES string of the molecule is O=c1[nH]nc(SCc2cc(=O)n3ccsc3n2)n1CCc1ccccc1. The Bertz CT molecular complexity index is 1140. The number of hydrogen-bond donors (Lipinski definition) is 1. The van der Waals surface area contributed by atoms with Crippen LogP contribution in [-0.4, -0.2) is 24.1 Å². The van der Waals surface area contributed by atoms with E-state index in [-0.39, 0.29) is 11.2 Å². The first kappa shape index (κ1) is 16.8. The van der Waals surface area contributed by atoms with Crippen LogP contribution in [0, 0.1) is 0 Å². The normalized spacial score (nSPS) is 11.2. The Morgan fingerprint density at radius 2 is 2.04 bits per heavy atom. The van der Waals surface area contributed by atoms with Gasteiger partial charge in [-0.1, -0.05) is 42.1 Å². The van der Waals surface area contributed by atoms with Crippen LogP contribution < -0.4 is 11.2 Å². The highest BCUT2D eigenvalue weighted by atomic mass is 32.2. The molecule has 0 saturated carbocycles. The number of nitrogens with zero attached hydrogens (tertiary/aromatic N) is 4. The molecule has 0 amide bonds. The number of benzene rings is 1. The molecular weight excluding hydrogens is 370 g/mol. The second kappa shape index (κ2) is 7.30. The zero-order valence-electron chi connectivity index (χ0n) is 13.7. The van der Waals surface area contributed by atoms with E-state index in [2.05, 4.69) is 15.2 Å². The molecule has 132 valence electrons. The molecule has 0 fully saturated rings. The van der Waals surface area contributed by atoms with Gasteiger partial charge < -0.3 is 0 Å². The maximum Gasteiger partial charge on any atom is 0.343 e. The molecule has 0 aliphatic heterocycles. The molecule has 26 heavy (non-hydrogen) atoms. The van der Waals surface area contributed by atoms with Gasteiger partial charge >= 0.3 is 5.69 Å². The third kappa shape index (κ3) is 3.49. The molecule has 9 heteroatoms. The van der Waals surface area contributed by atoms with Crippen molar-refractivity contribution in [1.82, 2.24) is 24.1 Å². The number of thiazole rings is 1. The Hall–Kier alpha value is -2.65. The molecule has 1 N–H and O–H groups in total. The van der Waals surface area contributed by atoms with Gasteiger partial charge in [0.2, 0.25) is 0 Å². The summed E-state index contributed by atoms with van der Waals surface area (Å²) in [5.41, 5.74) is 1.50. The molecule has 3 aromatic heterocycles. The fraction of sp³-hybridized carbons (Fsp3) is 0.176. The molecule has 4 aromatic rings. The van der Waals surface area contributed by atoms with Crippen LogP contribution in [0.1, 0.15) is 11.3 Å². The molecule has 0 aliphatic rings. The maximum absolute atomic E-state index is 12.0. The smallest absolute Gasteiger partial charge is 0.270 e. The Kier molecular flexibility index (Phi) is 4.72. The number of thioether (sulfide) groups is 1. The standard InChI is InChI=1S/C17H15N5O2S2/c23-14-10-13(18-16-21(14)8-9-25-16)11-26-17-20-19-15(24)22(17)7-6-12-4-2-1-3-5-12/h1-5,8-10H,6-7,11H2,(H,19,24). The molecule has 0 unspecified atom stereocenters. The fourth-order valence-electron chi connectivity index (χ4n) is 2.60. The largest absolute Gasteiger partial charge is 0.343 e. The van der Waals surface area contributed by atoms with Crippen molar-refractivity contribution < 1.29 is 0 Å². The summed E-state index contributed by atoms with van der Waals surface area (Å²) in [4.78, 5) is 29.2. The second-order valence-corrected chi connectivity index (χ2v) is 7.44. The average molecular weight is 385 g/mol. The van der Waals surface area contributed by atoms with Gasteiger partial charge in [0, 0.05) is 29.9 Å². The molecule has 0 aliphatic carbocycles. The maximum atomic E-state index is 12.0. The monoisotopic (exact) mass is 385 g/mol. The quantitative estimate of drug-likeness (QED) is 0.514. The number of H-pyrrole nitrogens is 1. The molecule has 7 nitrogen and oxygen atoms in total. The van der Waals surface area contributed by atoms with Gasteiger partial charge in [0.15, 0.2) is 10.1 Å². The van der Waals surface area contributed by atoms with Crippen molar-refractivity contribution in [3.8, 4) is 0 Å². The van der Waals surface area contributed by atoms with Crippen LogP contribution in [-0.2, 0) is 18.7 Å². The predicted octanol–water partition coefficient (Wildman–Crippen LogP) is 2.18. The highest BCUT2D eigenvalue weighted by molar-refractivity contribution is 7.98. The van der Waals surface area contributed by atoms with Gasteiger partial charge in [-0.25, -0.2) is 14.9 Å². The summed E-state index contributed by atoms with van der Waals surface area (Å²) in [6, 6.07) is 11.5. The molecule has 4 rings (SSSR count). The second-order valence-electron chi connectivity index (χ2n) is 5.63. The van der Waals surface area contributed by atoms with E-state index in [1.54, 1.807) is 10.8 Å². The third-order valence-electron chi connectivity index (χ3n) is 3.90. The van der Waals surface area contributed by atoms with Gasteiger partial charge in [-0.15, -0.1) is 16.4 Å². The lowest BCUT2D eigenvalue weighted by Crippen LogP contribution is -2.19. The van der Waals surface area contributed by atoms with Gasteiger partial charge in [-0.3, -0.25) is 13.8 Å². The number of rotatable bonds is 6. The summed E-state index contributed by atoms with van der Waals surface area (Å²) in [5, 5.41) is 9.02. The lowest BCUT2D eigenvalue weighted by Gasteiger charge is -2.05. The summed E-state index contributed by atoms with van der Waals surface area (Å²) in [6.07, 6.45) is 2.45. The van der Waals surface area contributed by atoms with Crippen molar-refractivity contribution in [3.63, 3.8) is 0 Å². The fourth-order valence-corrected chi connectivity index (χ4v) is 4.20. The van der Waals surface area contributed by atoms with Crippen LogP contribution in [0.2, 0.25) is 0 Å². The van der Waals surface area contributed by atoms with Crippen LogP contribution in [0.15, 0.2) is 62.7 Å². The lowest BCUT2D eigenvalue weighted by atomic mass is 10.1. The van der Waals surface area contributed by atoms with E-state index in [1.165, 1.54) is 33.6 Å². The minimum atomic E-state index is -0.231. The zero-order valence-corrected chi connectivity index (χ0v) is 15.3. The first-order chi connectivity index (χ1) is 12.7. The van der Waals surface area contributed by atoms with E-state index >= 15 is 0 Å². The number of fused-ring (bicyclic) bond motifs is 1. The minimum Gasteiger partial charge on any atom is -0.270 e. The molecule has 1 aromatic carbocycles. The van der Waals surface area contributed by atoms with Crippen molar-refractivity contribution in [2.45, 2.75) is 23.9 Å². The number of aryl methyl sites for hydroxylation is 1. The van der Waals surface area contributed by atoms with Gasteiger partial charge in [0.1, 0.15) is 0 Å². The third-order valence-corrected chi connectivity index (χ3v) is 5.66. The molecule has 0 bridgehead atoms. The van der Waals surface area contributed by atoms with Gasteiger partial charge in [-0.2, -0.15) is 0 Å². The minimum absolute atomic E-state index is 0.102. The Morgan fingerprint density at radius 1 is 1.19 bits per heavy atom. The first-order valence-corrected chi connectivity index (χ1v) is 9.85.